The summed E-state index contributed by atoms with van der Waals surface area (Å²) < 4.78 is 4.93. The van der Waals surface area contributed by atoms with Crippen LogP contribution in [0.25, 0.3) is 0 Å². The summed E-state index contributed by atoms with van der Waals surface area (Å²) in [5.41, 5.74) is 1.10. The van der Waals surface area contributed by atoms with E-state index in [1.807, 2.05) is 19.1 Å². The minimum atomic E-state index is -0.303. The van der Waals surface area contributed by atoms with Crippen molar-refractivity contribution in [2.24, 2.45) is 0 Å². The lowest BCUT2D eigenvalue weighted by molar-refractivity contribution is -0.145. The fraction of sp³-hybridized carbons (Fsp3) is 0.500. The third kappa shape index (κ3) is 3.62. The summed E-state index contributed by atoms with van der Waals surface area (Å²) in [5, 5.41) is 3.18. The van der Waals surface area contributed by atoms with E-state index >= 15 is 0 Å². The molecule has 1 rings (SSSR count). The molecule has 2 atom stereocenters. The molecule has 0 saturated carbocycles. The molecule has 0 aliphatic carbocycles. The minimum absolute atomic E-state index is 0.0995. The molecule has 1 aromatic heterocycles. The van der Waals surface area contributed by atoms with Crippen molar-refractivity contribution >= 4 is 5.97 Å². The number of hydrogen-bond donors (Lipinski definition) is 1. The van der Waals surface area contributed by atoms with E-state index < -0.39 is 0 Å². The number of hydrogen-bond acceptors (Lipinski definition) is 4. The van der Waals surface area contributed by atoms with Crippen LogP contribution in [0.15, 0.2) is 24.5 Å². The number of aromatic nitrogens is 1. The van der Waals surface area contributed by atoms with Gasteiger partial charge in [0.2, 0.25) is 0 Å². The average Bonchev–Trinajstić information content (AvgIpc) is 2.30. The van der Waals surface area contributed by atoms with Crippen LogP contribution in [0.2, 0.25) is 0 Å². The number of ether oxygens (including phenoxy) is 1. The first kappa shape index (κ1) is 12.6. The normalized spacial score (nSPS) is 14.2. The minimum Gasteiger partial charge on any atom is -0.465 e. The molecule has 16 heavy (non-hydrogen) atoms. The average molecular weight is 222 g/mol. The van der Waals surface area contributed by atoms with E-state index in [0.29, 0.717) is 6.61 Å². The molecule has 4 heteroatoms. The molecular weight excluding hydrogens is 204 g/mol. The summed E-state index contributed by atoms with van der Waals surface area (Å²) in [5.74, 6) is -0.219. The molecule has 0 aromatic carbocycles. The molecule has 0 bridgehead atoms. The fourth-order valence-electron chi connectivity index (χ4n) is 1.46. The van der Waals surface area contributed by atoms with Crippen molar-refractivity contribution < 1.29 is 9.53 Å². The molecule has 0 fully saturated rings. The highest BCUT2D eigenvalue weighted by molar-refractivity contribution is 5.75. The van der Waals surface area contributed by atoms with Gasteiger partial charge in [-0.05, 0) is 38.5 Å². The standard InChI is InChI=1S/C12H18N2O2/c1-4-16-12(15)10(3)14-9(2)11-5-7-13-8-6-11/h5-10,14H,4H2,1-3H3/t9-,10?/m1/s1. The number of esters is 1. The molecule has 88 valence electrons. The smallest absolute Gasteiger partial charge is 0.322 e. The van der Waals surface area contributed by atoms with E-state index in [1.54, 1.807) is 26.2 Å². The summed E-state index contributed by atoms with van der Waals surface area (Å²) >= 11 is 0. The highest BCUT2D eigenvalue weighted by Crippen LogP contribution is 2.11. The Balaban J connectivity index is 2.51. The van der Waals surface area contributed by atoms with Crippen LogP contribution in [-0.2, 0) is 9.53 Å². The lowest BCUT2D eigenvalue weighted by Crippen LogP contribution is -2.37. The summed E-state index contributed by atoms with van der Waals surface area (Å²) in [6.07, 6.45) is 3.48. The molecule has 0 amide bonds. The predicted molar refractivity (Wildman–Crippen MR) is 61.9 cm³/mol. The lowest BCUT2D eigenvalue weighted by Gasteiger charge is -2.18. The second-order valence-electron chi connectivity index (χ2n) is 3.64. The van der Waals surface area contributed by atoms with Crippen molar-refractivity contribution in [1.82, 2.24) is 10.3 Å². The van der Waals surface area contributed by atoms with Gasteiger partial charge in [-0.3, -0.25) is 15.1 Å². The van der Waals surface area contributed by atoms with Crippen molar-refractivity contribution in [2.45, 2.75) is 32.9 Å². The molecular formula is C12H18N2O2. The van der Waals surface area contributed by atoms with Crippen LogP contribution in [-0.4, -0.2) is 23.6 Å². The van der Waals surface area contributed by atoms with Crippen molar-refractivity contribution in [3.63, 3.8) is 0 Å². The van der Waals surface area contributed by atoms with Crippen molar-refractivity contribution in [1.29, 1.82) is 0 Å². The number of carbonyl (C=O) groups excluding carboxylic acids is 1. The van der Waals surface area contributed by atoms with Gasteiger partial charge in [-0.15, -0.1) is 0 Å². The van der Waals surface area contributed by atoms with E-state index in [1.165, 1.54) is 0 Å². The van der Waals surface area contributed by atoms with Crippen molar-refractivity contribution in [3.8, 4) is 0 Å². The van der Waals surface area contributed by atoms with Crippen molar-refractivity contribution in [3.05, 3.63) is 30.1 Å². The quantitative estimate of drug-likeness (QED) is 0.770. The van der Waals surface area contributed by atoms with Gasteiger partial charge in [0.25, 0.3) is 0 Å². The number of pyridine rings is 1. The Morgan fingerprint density at radius 1 is 1.44 bits per heavy atom. The Morgan fingerprint density at radius 3 is 2.62 bits per heavy atom. The molecule has 0 saturated heterocycles. The number of carbonyl (C=O) groups is 1. The van der Waals surface area contributed by atoms with Gasteiger partial charge in [-0.1, -0.05) is 0 Å². The monoisotopic (exact) mass is 222 g/mol. The van der Waals surface area contributed by atoms with E-state index in [2.05, 4.69) is 10.3 Å². The first-order valence-electron chi connectivity index (χ1n) is 5.47. The highest BCUT2D eigenvalue weighted by atomic mass is 16.5. The number of rotatable bonds is 5. The summed E-state index contributed by atoms with van der Waals surface area (Å²) in [6, 6.07) is 3.65. The Hall–Kier alpha value is -1.42. The maximum absolute atomic E-state index is 11.4. The van der Waals surface area contributed by atoms with Gasteiger partial charge in [0, 0.05) is 18.4 Å². The van der Waals surface area contributed by atoms with E-state index in [9.17, 15) is 4.79 Å². The molecule has 4 nitrogen and oxygen atoms in total. The highest BCUT2D eigenvalue weighted by Gasteiger charge is 2.16. The third-order valence-electron chi connectivity index (χ3n) is 2.35. The van der Waals surface area contributed by atoms with Gasteiger partial charge in [-0.25, -0.2) is 0 Å². The Kier molecular flexibility index (Phi) is 4.92. The van der Waals surface area contributed by atoms with Gasteiger partial charge in [0.15, 0.2) is 0 Å². The third-order valence-corrected chi connectivity index (χ3v) is 2.35. The van der Waals surface area contributed by atoms with Crippen LogP contribution < -0.4 is 5.32 Å². The zero-order valence-corrected chi connectivity index (χ0v) is 9.93. The molecule has 1 aromatic rings. The zero-order valence-electron chi connectivity index (χ0n) is 9.93. The van der Waals surface area contributed by atoms with Crippen LogP contribution in [0.5, 0.6) is 0 Å². The summed E-state index contributed by atoms with van der Waals surface area (Å²) in [7, 11) is 0. The molecule has 1 unspecified atom stereocenters. The maximum Gasteiger partial charge on any atom is 0.322 e. The summed E-state index contributed by atoms with van der Waals surface area (Å²) in [4.78, 5) is 15.4. The molecule has 0 aliphatic heterocycles. The Morgan fingerprint density at radius 2 is 2.06 bits per heavy atom. The first-order chi connectivity index (χ1) is 7.65. The lowest BCUT2D eigenvalue weighted by atomic mass is 10.1. The molecule has 0 spiro atoms. The Bertz CT molecular complexity index is 327. The summed E-state index contributed by atoms with van der Waals surface area (Å²) in [6.45, 7) is 6.02. The largest absolute Gasteiger partial charge is 0.465 e. The predicted octanol–water partition coefficient (Wildman–Crippen LogP) is 1.68. The zero-order chi connectivity index (χ0) is 12.0. The fourth-order valence-corrected chi connectivity index (χ4v) is 1.46. The van der Waals surface area contributed by atoms with Gasteiger partial charge in [0.05, 0.1) is 6.61 Å². The van der Waals surface area contributed by atoms with Gasteiger partial charge in [-0.2, -0.15) is 0 Å². The van der Waals surface area contributed by atoms with Crippen LogP contribution in [0.4, 0.5) is 0 Å². The Labute approximate surface area is 96.0 Å². The van der Waals surface area contributed by atoms with E-state index in [-0.39, 0.29) is 18.1 Å². The van der Waals surface area contributed by atoms with E-state index in [0.717, 1.165) is 5.56 Å². The van der Waals surface area contributed by atoms with Gasteiger partial charge >= 0.3 is 5.97 Å². The molecule has 0 radical (unpaired) electrons. The van der Waals surface area contributed by atoms with Crippen LogP contribution in [0.3, 0.4) is 0 Å². The van der Waals surface area contributed by atoms with Gasteiger partial charge in [0.1, 0.15) is 6.04 Å². The van der Waals surface area contributed by atoms with Gasteiger partial charge < -0.3 is 4.74 Å². The molecule has 0 aliphatic rings. The second kappa shape index (κ2) is 6.23. The van der Waals surface area contributed by atoms with Crippen LogP contribution in [0.1, 0.15) is 32.4 Å². The first-order valence-corrected chi connectivity index (χ1v) is 5.47. The maximum atomic E-state index is 11.4. The SMILES string of the molecule is CCOC(=O)C(C)N[C@H](C)c1ccncc1. The van der Waals surface area contributed by atoms with Crippen LogP contribution >= 0.6 is 0 Å². The number of nitrogens with one attached hydrogen (secondary N) is 1. The van der Waals surface area contributed by atoms with Crippen LogP contribution in [0, 0.1) is 0 Å². The molecule has 1 N–H and O–H groups in total. The number of nitrogens with zero attached hydrogens (tertiary/aromatic N) is 1. The van der Waals surface area contributed by atoms with E-state index in [4.69, 9.17) is 4.74 Å². The topological polar surface area (TPSA) is 51.2 Å². The molecule has 1 heterocycles. The van der Waals surface area contributed by atoms with Crippen molar-refractivity contribution in [2.75, 3.05) is 6.61 Å². The second-order valence-corrected chi connectivity index (χ2v) is 3.64.